The van der Waals surface area contributed by atoms with E-state index >= 15 is 0 Å². The first-order valence-corrected chi connectivity index (χ1v) is 10.8. The molecule has 1 aliphatic rings. The summed E-state index contributed by atoms with van der Waals surface area (Å²) in [5.41, 5.74) is 3.46. The van der Waals surface area contributed by atoms with Crippen LogP contribution >= 0.6 is 22.9 Å². The number of hydrogen-bond acceptors (Lipinski definition) is 6. The van der Waals surface area contributed by atoms with E-state index in [1.807, 2.05) is 30.3 Å². The number of nitrogens with zero attached hydrogens (tertiary/aromatic N) is 2. The molecule has 4 aromatic rings. The van der Waals surface area contributed by atoms with Gasteiger partial charge in [0.2, 0.25) is 0 Å². The van der Waals surface area contributed by atoms with Crippen LogP contribution in [0.4, 0.5) is 0 Å². The molecule has 30 heavy (non-hydrogen) atoms. The van der Waals surface area contributed by atoms with E-state index in [9.17, 15) is 10.2 Å². The van der Waals surface area contributed by atoms with E-state index in [2.05, 4.69) is 4.90 Å². The van der Waals surface area contributed by atoms with E-state index < -0.39 is 0 Å². The van der Waals surface area contributed by atoms with Crippen molar-refractivity contribution in [2.75, 3.05) is 13.2 Å². The zero-order valence-electron chi connectivity index (χ0n) is 16.0. The highest BCUT2D eigenvalue weighted by Gasteiger charge is 2.21. The minimum atomic E-state index is 0.120. The molecule has 2 heterocycles. The third-order valence-corrected chi connectivity index (χ3v) is 6.49. The van der Waals surface area contributed by atoms with E-state index in [1.54, 1.807) is 35.6 Å². The van der Waals surface area contributed by atoms with Gasteiger partial charge in [0.15, 0.2) is 11.5 Å². The van der Waals surface area contributed by atoms with E-state index in [1.165, 1.54) is 0 Å². The maximum atomic E-state index is 10.6. The van der Waals surface area contributed by atoms with Gasteiger partial charge in [-0.3, -0.25) is 4.90 Å². The van der Waals surface area contributed by atoms with Crippen LogP contribution in [0.3, 0.4) is 0 Å². The second-order valence-electron chi connectivity index (χ2n) is 7.30. The average molecular weight is 439 g/mol. The maximum absolute atomic E-state index is 10.6. The third kappa shape index (κ3) is 3.69. The van der Waals surface area contributed by atoms with Gasteiger partial charge in [-0.15, -0.1) is 11.3 Å². The van der Waals surface area contributed by atoms with Gasteiger partial charge in [-0.25, -0.2) is 4.98 Å². The fourth-order valence-corrected chi connectivity index (χ4v) is 4.88. The molecule has 152 valence electrons. The van der Waals surface area contributed by atoms with Crippen LogP contribution in [-0.2, 0) is 13.1 Å². The van der Waals surface area contributed by atoms with Gasteiger partial charge in [0, 0.05) is 41.3 Å². The summed E-state index contributed by atoms with van der Waals surface area (Å²) in [5, 5.41) is 22.3. The Balaban J connectivity index is 1.48. The van der Waals surface area contributed by atoms with Gasteiger partial charge < -0.3 is 14.9 Å². The molecule has 5 nitrogen and oxygen atoms in total. The van der Waals surface area contributed by atoms with Crippen molar-refractivity contribution >= 4 is 33.2 Å². The van der Waals surface area contributed by atoms with Crippen LogP contribution in [0.15, 0.2) is 54.6 Å². The van der Waals surface area contributed by atoms with Crippen molar-refractivity contribution < 1.29 is 14.9 Å². The molecule has 1 aliphatic heterocycles. The highest BCUT2D eigenvalue weighted by molar-refractivity contribution is 7.21. The lowest BCUT2D eigenvalue weighted by atomic mass is 10.1. The van der Waals surface area contributed by atoms with E-state index in [4.69, 9.17) is 21.3 Å². The maximum Gasteiger partial charge on any atom is 0.165 e. The summed E-state index contributed by atoms with van der Waals surface area (Å²) in [7, 11) is 0. The number of phenolic OH excluding ortho intramolecular Hbond substituents is 2. The van der Waals surface area contributed by atoms with Gasteiger partial charge in [0.1, 0.15) is 17.4 Å². The van der Waals surface area contributed by atoms with Crippen molar-refractivity contribution in [2.24, 2.45) is 0 Å². The van der Waals surface area contributed by atoms with Crippen LogP contribution in [0.25, 0.3) is 20.8 Å². The van der Waals surface area contributed by atoms with Crippen LogP contribution in [0.1, 0.15) is 11.1 Å². The average Bonchev–Trinajstić information content (AvgIpc) is 3.06. The molecule has 0 saturated carbocycles. The minimum absolute atomic E-state index is 0.120. The second-order valence-corrected chi connectivity index (χ2v) is 8.77. The quantitative estimate of drug-likeness (QED) is 0.447. The van der Waals surface area contributed by atoms with Crippen molar-refractivity contribution in [1.82, 2.24) is 9.88 Å². The summed E-state index contributed by atoms with van der Waals surface area (Å²) in [6.45, 7) is 2.22. The molecule has 7 heteroatoms. The summed E-state index contributed by atoms with van der Waals surface area (Å²) in [6.07, 6.45) is 0. The molecule has 1 aromatic heterocycles. The van der Waals surface area contributed by atoms with Gasteiger partial charge in [-0.05, 0) is 42.5 Å². The largest absolute Gasteiger partial charge is 0.508 e. The Morgan fingerprint density at radius 3 is 2.80 bits per heavy atom. The highest BCUT2D eigenvalue weighted by atomic mass is 35.5. The number of halogens is 1. The lowest BCUT2D eigenvalue weighted by molar-refractivity contribution is 0.215. The molecule has 0 spiro atoms. The highest BCUT2D eigenvalue weighted by Crippen LogP contribution is 2.40. The van der Waals surface area contributed by atoms with E-state index in [0.29, 0.717) is 37.0 Å². The second kappa shape index (κ2) is 7.80. The number of thiazole rings is 1. The number of para-hydroxylation sites is 1. The SMILES string of the molecule is Oc1ccc(Cl)cc1CN1CCOc2c(O)cc(-c3nc4ccccc4s3)cc2C1. The number of benzene rings is 3. The summed E-state index contributed by atoms with van der Waals surface area (Å²) in [4.78, 5) is 6.88. The molecule has 3 aromatic carbocycles. The monoisotopic (exact) mass is 438 g/mol. The standard InChI is InChI=1S/C23H19ClN2O3S/c24-17-5-6-19(27)15(10-17)12-26-7-8-29-22-16(13-26)9-14(11-20(22)28)23-25-18-3-1-2-4-21(18)30-23/h1-6,9-11,27-28H,7-8,12-13H2. The van der Waals surface area contributed by atoms with Crippen molar-refractivity contribution in [1.29, 1.82) is 0 Å². The zero-order chi connectivity index (χ0) is 20.7. The lowest BCUT2D eigenvalue weighted by Gasteiger charge is -2.20. The molecular weight excluding hydrogens is 420 g/mol. The fourth-order valence-electron chi connectivity index (χ4n) is 3.73. The number of phenols is 2. The molecule has 0 saturated heterocycles. The predicted octanol–water partition coefficient (Wildman–Crippen LogP) is 5.42. The summed E-state index contributed by atoms with van der Waals surface area (Å²) < 4.78 is 6.96. The summed E-state index contributed by atoms with van der Waals surface area (Å²) in [5.74, 6) is 0.850. The molecule has 5 rings (SSSR count). The number of fused-ring (bicyclic) bond motifs is 2. The normalized spacial score (nSPS) is 14.3. The molecule has 2 N–H and O–H groups in total. The van der Waals surface area contributed by atoms with E-state index in [-0.39, 0.29) is 11.5 Å². The number of ether oxygens (including phenoxy) is 1. The minimum Gasteiger partial charge on any atom is -0.508 e. The fraction of sp³-hybridized carbons (Fsp3) is 0.174. The number of hydrogen-bond donors (Lipinski definition) is 2. The smallest absolute Gasteiger partial charge is 0.165 e. The Morgan fingerprint density at radius 2 is 1.93 bits per heavy atom. The Kier molecular flexibility index (Phi) is 4.98. The zero-order valence-corrected chi connectivity index (χ0v) is 17.6. The van der Waals surface area contributed by atoms with Gasteiger partial charge in [-0.1, -0.05) is 23.7 Å². The van der Waals surface area contributed by atoms with Crippen molar-refractivity contribution in [2.45, 2.75) is 13.1 Å². The molecule has 0 aliphatic carbocycles. The van der Waals surface area contributed by atoms with Crippen molar-refractivity contribution in [3.05, 3.63) is 70.7 Å². The van der Waals surface area contributed by atoms with Crippen molar-refractivity contribution in [3.8, 4) is 27.8 Å². The Labute approximate surface area is 182 Å². The molecule has 0 unspecified atom stereocenters. The molecule has 0 bridgehead atoms. The molecule has 0 radical (unpaired) electrons. The Hall–Kier alpha value is -2.80. The number of aromatic hydroxyl groups is 2. The Morgan fingerprint density at radius 1 is 1.07 bits per heavy atom. The van der Waals surface area contributed by atoms with Crippen molar-refractivity contribution in [3.63, 3.8) is 0 Å². The van der Waals surface area contributed by atoms with Crippen LogP contribution < -0.4 is 4.74 Å². The van der Waals surface area contributed by atoms with Crippen LogP contribution in [-0.4, -0.2) is 33.2 Å². The first-order chi connectivity index (χ1) is 14.6. The number of aromatic nitrogens is 1. The molecule has 0 fully saturated rings. The summed E-state index contributed by atoms with van der Waals surface area (Å²) in [6, 6.07) is 16.8. The van der Waals surface area contributed by atoms with Crippen LogP contribution in [0.5, 0.6) is 17.2 Å². The number of rotatable bonds is 3. The van der Waals surface area contributed by atoms with Gasteiger partial charge >= 0.3 is 0 Å². The summed E-state index contributed by atoms with van der Waals surface area (Å²) >= 11 is 7.70. The van der Waals surface area contributed by atoms with Gasteiger partial charge in [0.05, 0.1) is 10.2 Å². The third-order valence-electron chi connectivity index (χ3n) is 5.17. The Bertz CT molecular complexity index is 1210. The molecule has 0 atom stereocenters. The predicted molar refractivity (Wildman–Crippen MR) is 119 cm³/mol. The topological polar surface area (TPSA) is 65.8 Å². The van der Waals surface area contributed by atoms with E-state index in [0.717, 1.165) is 31.9 Å². The molecular formula is C23H19ClN2O3S. The van der Waals surface area contributed by atoms with Gasteiger partial charge in [0.25, 0.3) is 0 Å². The first-order valence-electron chi connectivity index (χ1n) is 9.61. The van der Waals surface area contributed by atoms with Crippen LogP contribution in [0.2, 0.25) is 5.02 Å². The molecule has 0 amide bonds. The lowest BCUT2D eigenvalue weighted by Crippen LogP contribution is -2.25. The van der Waals surface area contributed by atoms with Gasteiger partial charge in [-0.2, -0.15) is 0 Å². The first kappa shape index (κ1) is 19.2. The van der Waals surface area contributed by atoms with Crippen LogP contribution in [0, 0.1) is 0 Å².